The Morgan fingerprint density at radius 1 is 1.07 bits per heavy atom. The Hall–Kier alpha value is -2.38. The molecule has 0 fully saturated rings. The first-order chi connectivity index (χ1) is 13.5. The van der Waals surface area contributed by atoms with Crippen molar-refractivity contribution in [3.63, 3.8) is 0 Å². The number of benzene rings is 2. The van der Waals surface area contributed by atoms with Crippen LogP contribution in [0.25, 0.3) is 27.2 Å². The van der Waals surface area contributed by atoms with Crippen LogP contribution in [0.5, 0.6) is 0 Å². The molecule has 0 saturated carbocycles. The number of aromatic nitrogens is 1. The molecular formula is C22H24Cl2N4O2. The first-order valence-corrected chi connectivity index (χ1v) is 9.48. The number of nitrogens with two attached hydrogens (primary N) is 1. The largest absolute Gasteiger partial charge is 0.320 e. The van der Waals surface area contributed by atoms with Gasteiger partial charge in [0.2, 0.25) is 0 Å². The van der Waals surface area contributed by atoms with Crippen LogP contribution in [-0.2, 0) is 11.5 Å². The highest BCUT2D eigenvalue weighted by atomic mass is 35.5. The molecule has 30 heavy (non-hydrogen) atoms. The SMILES string of the molecule is CN(C)CCC1C(=O)C2=CN(N)Cn3c2c(c2c4ccccc4ccc23)C1=O.Cl.Cl. The zero-order valence-corrected chi connectivity index (χ0v) is 18.4. The molecule has 0 amide bonds. The zero-order valence-electron chi connectivity index (χ0n) is 16.8. The van der Waals surface area contributed by atoms with Crippen LogP contribution in [0, 0.1) is 5.92 Å². The molecule has 158 valence electrons. The van der Waals surface area contributed by atoms with Gasteiger partial charge in [-0.1, -0.05) is 30.3 Å². The maximum absolute atomic E-state index is 13.6. The van der Waals surface area contributed by atoms with Gasteiger partial charge in [-0.3, -0.25) is 14.6 Å². The normalized spacial score (nSPS) is 17.7. The van der Waals surface area contributed by atoms with E-state index in [1.807, 2.05) is 53.9 Å². The molecule has 1 aromatic heterocycles. The molecular weight excluding hydrogens is 423 g/mol. The van der Waals surface area contributed by atoms with E-state index in [-0.39, 0.29) is 36.4 Å². The lowest BCUT2D eigenvalue weighted by atomic mass is 9.78. The second kappa shape index (κ2) is 8.04. The monoisotopic (exact) mass is 446 g/mol. The van der Waals surface area contributed by atoms with Crippen molar-refractivity contribution < 1.29 is 9.59 Å². The predicted octanol–water partition coefficient (Wildman–Crippen LogP) is 3.46. The van der Waals surface area contributed by atoms with Crippen molar-refractivity contribution >= 4 is 63.6 Å². The highest BCUT2D eigenvalue weighted by Gasteiger charge is 2.43. The molecule has 1 aliphatic carbocycles. The van der Waals surface area contributed by atoms with Gasteiger partial charge in [0.1, 0.15) is 6.67 Å². The molecule has 0 saturated heterocycles. The number of hydrogen-bond donors (Lipinski definition) is 1. The summed E-state index contributed by atoms with van der Waals surface area (Å²) in [6, 6.07) is 12.2. The number of halogens is 2. The number of hydrogen-bond acceptors (Lipinski definition) is 5. The Balaban J connectivity index is 0.00000128. The molecule has 0 radical (unpaired) electrons. The molecule has 8 heteroatoms. The molecule has 0 spiro atoms. The molecule has 5 rings (SSSR count). The Morgan fingerprint density at radius 2 is 1.80 bits per heavy atom. The highest BCUT2D eigenvalue weighted by Crippen LogP contribution is 2.43. The minimum Gasteiger partial charge on any atom is -0.320 e. The molecule has 1 aliphatic heterocycles. The average Bonchev–Trinajstić information content (AvgIpc) is 3.01. The summed E-state index contributed by atoms with van der Waals surface area (Å²) in [5, 5.41) is 4.58. The minimum absolute atomic E-state index is 0. The van der Waals surface area contributed by atoms with Crippen molar-refractivity contribution in [1.29, 1.82) is 0 Å². The third-order valence-corrected chi connectivity index (χ3v) is 5.82. The fourth-order valence-corrected chi connectivity index (χ4v) is 4.53. The van der Waals surface area contributed by atoms with E-state index in [9.17, 15) is 9.59 Å². The van der Waals surface area contributed by atoms with Crippen LogP contribution < -0.4 is 5.84 Å². The molecule has 3 aromatic rings. The van der Waals surface area contributed by atoms with Gasteiger partial charge >= 0.3 is 0 Å². The van der Waals surface area contributed by atoms with Gasteiger partial charge in [0.15, 0.2) is 11.6 Å². The topological polar surface area (TPSA) is 71.6 Å². The summed E-state index contributed by atoms with van der Waals surface area (Å²) in [5.74, 6) is 5.26. The Morgan fingerprint density at radius 3 is 2.53 bits per heavy atom. The molecule has 2 heterocycles. The van der Waals surface area contributed by atoms with Gasteiger partial charge in [0.25, 0.3) is 0 Å². The van der Waals surface area contributed by atoms with Crippen LogP contribution in [0.3, 0.4) is 0 Å². The summed E-state index contributed by atoms with van der Waals surface area (Å²) >= 11 is 0. The average molecular weight is 447 g/mol. The summed E-state index contributed by atoms with van der Waals surface area (Å²) < 4.78 is 2.00. The van der Waals surface area contributed by atoms with E-state index in [2.05, 4.69) is 6.07 Å². The van der Waals surface area contributed by atoms with E-state index < -0.39 is 5.92 Å². The Labute approximate surface area is 187 Å². The first-order valence-electron chi connectivity index (χ1n) is 9.48. The van der Waals surface area contributed by atoms with Gasteiger partial charge in [0.05, 0.1) is 28.3 Å². The molecule has 6 nitrogen and oxygen atoms in total. The van der Waals surface area contributed by atoms with Crippen LogP contribution in [0.4, 0.5) is 0 Å². The fraction of sp³-hybridized carbons (Fsp3) is 0.273. The third-order valence-electron chi connectivity index (χ3n) is 5.82. The van der Waals surface area contributed by atoms with E-state index in [0.29, 0.717) is 30.8 Å². The standard InChI is InChI=1S/C22H22N4O2.2ClH/c1-24(2)10-9-15-21(27)16-11-25(23)12-26-17-8-7-13-5-3-4-6-14(13)18(17)19(20(16)26)22(15)28;;/h3-8,11,15H,9-10,12,23H2,1-2H3;2*1H. The van der Waals surface area contributed by atoms with Crippen LogP contribution in [0.15, 0.2) is 42.6 Å². The molecule has 1 unspecified atom stereocenters. The van der Waals surface area contributed by atoms with E-state index in [1.54, 1.807) is 6.20 Å². The smallest absolute Gasteiger partial charge is 0.177 e. The first kappa shape index (κ1) is 22.3. The number of fused-ring (bicyclic) bond motifs is 5. The number of nitrogens with zero attached hydrogens (tertiary/aromatic N) is 3. The number of allylic oxidation sites excluding steroid dienone is 1. The number of rotatable bonds is 3. The summed E-state index contributed by atoms with van der Waals surface area (Å²) in [7, 11) is 3.90. The van der Waals surface area contributed by atoms with Crippen molar-refractivity contribution in [3.8, 4) is 0 Å². The second-order valence-electron chi connectivity index (χ2n) is 7.90. The molecule has 2 N–H and O–H groups in total. The van der Waals surface area contributed by atoms with Crippen molar-refractivity contribution in [3.05, 3.63) is 53.9 Å². The van der Waals surface area contributed by atoms with Gasteiger partial charge in [-0.25, -0.2) is 5.84 Å². The Kier molecular flexibility index (Phi) is 5.98. The lowest BCUT2D eigenvalue weighted by Crippen LogP contribution is -2.39. The van der Waals surface area contributed by atoms with Gasteiger partial charge in [-0.2, -0.15) is 0 Å². The Bertz CT molecular complexity index is 1200. The quantitative estimate of drug-likeness (QED) is 0.492. The summed E-state index contributed by atoms with van der Waals surface area (Å²) in [4.78, 5) is 28.8. The number of hydrazine groups is 1. The van der Waals surface area contributed by atoms with E-state index >= 15 is 0 Å². The van der Waals surface area contributed by atoms with Crippen LogP contribution >= 0.6 is 24.8 Å². The molecule has 1 atom stereocenters. The van der Waals surface area contributed by atoms with E-state index in [0.717, 1.165) is 27.4 Å². The number of ketones is 2. The van der Waals surface area contributed by atoms with Crippen LogP contribution in [0.2, 0.25) is 0 Å². The number of carbonyl (C=O) groups excluding carboxylic acids is 2. The minimum atomic E-state index is -0.661. The zero-order chi connectivity index (χ0) is 19.6. The number of carbonyl (C=O) groups is 2. The van der Waals surface area contributed by atoms with Crippen molar-refractivity contribution in [2.24, 2.45) is 11.8 Å². The van der Waals surface area contributed by atoms with E-state index in [4.69, 9.17) is 5.84 Å². The van der Waals surface area contributed by atoms with Crippen LogP contribution in [0.1, 0.15) is 22.5 Å². The summed E-state index contributed by atoms with van der Waals surface area (Å²) in [6.45, 7) is 1.09. The van der Waals surface area contributed by atoms with Crippen molar-refractivity contribution in [2.45, 2.75) is 13.1 Å². The maximum atomic E-state index is 13.6. The predicted molar refractivity (Wildman–Crippen MR) is 124 cm³/mol. The van der Waals surface area contributed by atoms with E-state index in [1.165, 1.54) is 5.01 Å². The molecule has 2 aliphatic rings. The van der Waals surface area contributed by atoms with Crippen molar-refractivity contribution in [1.82, 2.24) is 14.5 Å². The lowest BCUT2D eigenvalue weighted by Gasteiger charge is -2.30. The lowest BCUT2D eigenvalue weighted by molar-refractivity contribution is -0.116. The van der Waals surface area contributed by atoms with Crippen LogP contribution in [-0.4, -0.2) is 46.7 Å². The second-order valence-corrected chi connectivity index (χ2v) is 7.90. The number of Topliss-reactive ketones (excluding diaryl/α,β-unsaturated/α-hetero) is 2. The van der Waals surface area contributed by atoms with Gasteiger partial charge < -0.3 is 9.47 Å². The van der Waals surface area contributed by atoms with Gasteiger partial charge in [0, 0.05) is 11.6 Å². The third kappa shape index (κ3) is 3.11. The van der Waals surface area contributed by atoms with Gasteiger partial charge in [-0.15, -0.1) is 24.8 Å². The summed E-state index contributed by atoms with van der Waals surface area (Å²) in [6.07, 6.45) is 2.20. The summed E-state index contributed by atoms with van der Waals surface area (Å²) in [5.41, 5.74) is 2.89. The maximum Gasteiger partial charge on any atom is 0.177 e. The molecule has 2 aromatic carbocycles. The van der Waals surface area contributed by atoms with Gasteiger partial charge in [-0.05, 0) is 43.9 Å². The van der Waals surface area contributed by atoms with Crippen molar-refractivity contribution in [2.75, 3.05) is 20.6 Å². The molecule has 0 bridgehead atoms. The highest BCUT2D eigenvalue weighted by molar-refractivity contribution is 6.38. The fourth-order valence-electron chi connectivity index (χ4n) is 4.53.